The van der Waals surface area contributed by atoms with Crippen LogP contribution < -0.4 is 0 Å². The molecular formula is C9H10O5. The van der Waals surface area contributed by atoms with Crippen LogP contribution in [0.5, 0.6) is 0 Å². The van der Waals surface area contributed by atoms with Crippen molar-refractivity contribution in [2.45, 2.75) is 13.3 Å². The second kappa shape index (κ2) is 4.45. The zero-order valence-electron chi connectivity index (χ0n) is 7.65. The number of furan rings is 1. The fourth-order valence-electron chi connectivity index (χ4n) is 0.934. The molecule has 0 bridgehead atoms. The summed E-state index contributed by atoms with van der Waals surface area (Å²) in [5.41, 5.74) is 0. The molecule has 0 saturated carbocycles. The minimum atomic E-state index is -1.00. The number of carboxylic acids is 1. The molecule has 0 aliphatic heterocycles. The van der Waals surface area contributed by atoms with Gasteiger partial charge in [0.25, 0.3) is 0 Å². The number of rotatable bonds is 4. The van der Waals surface area contributed by atoms with Gasteiger partial charge in [0.05, 0.1) is 6.61 Å². The number of hydrogen-bond donors (Lipinski definition) is 1. The molecule has 1 aromatic heterocycles. The Balaban J connectivity index is 2.67. The molecule has 0 unspecified atom stereocenters. The van der Waals surface area contributed by atoms with Crippen LogP contribution in [0.3, 0.4) is 0 Å². The normalized spacial score (nSPS) is 9.79. The molecule has 0 atom stereocenters. The molecule has 1 rings (SSSR count). The van der Waals surface area contributed by atoms with Crippen molar-refractivity contribution in [3.63, 3.8) is 0 Å². The van der Waals surface area contributed by atoms with E-state index in [-0.39, 0.29) is 24.5 Å². The minimum absolute atomic E-state index is 0.0306. The predicted octanol–water partition coefficient (Wildman–Crippen LogP) is 1.08. The van der Waals surface area contributed by atoms with Gasteiger partial charge in [-0.1, -0.05) is 0 Å². The van der Waals surface area contributed by atoms with Gasteiger partial charge in [0.2, 0.25) is 5.76 Å². The van der Waals surface area contributed by atoms with Crippen molar-refractivity contribution >= 4 is 11.9 Å². The summed E-state index contributed by atoms with van der Waals surface area (Å²) in [5.74, 6) is -1.32. The molecule has 0 aromatic carbocycles. The Morgan fingerprint density at radius 3 is 2.79 bits per heavy atom. The van der Waals surface area contributed by atoms with E-state index in [1.807, 2.05) is 0 Å². The number of carbonyl (C=O) groups excluding carboxylic acids is 1. The first-order chi connectivity index (χ1) is 6.63. The first-order valence-corrected chi connectivity index (χ1v) is 4.11. The lowest BCUT2D eigenvalue weighted by Crippen LogP contribution is -2.03. The van der Waals surface area contributed by atoms with Crippen molar-refractivity contribution in [3.05, 3.63) is 23.7 Å². The third-order valence-corrected chi connectivity index (χ3v) is 1.46. The average molecular weight is 198 g/mol. The lowest BCUT2D eigenvalue weighted by molar-refractivity contribution is -0.136. The second-order valence-corrected chi connectivity index (χ2v) is 2.56. The molecule has 0 fully saturated rings. The van der Waals surface area contributed by atoms with E-state index in [1.165, 1.54) is 12.1 Å². The van der Waals surface area contributed by atoms with Crippen LogP contribution in [-0.4, -0.2) is 23.7 Å². The highest BCUT2D eigenvalue weighted by Crippen LogP contribution is 2.09. The van der Waals surface area contributed by atoms with Crippen LogP contribution in [0.4, 0.5) is 0 Å². The Kier molecular flexibility index (Phi) is 3.28. The fourth-order valence-corrected chi connectivity index (χ4v) is 0.934. The highest BCUT2D eigenvalue weighted by molar-refractivity contribution is 5.86. The van der Waals surface area contributed by atoms with Crippen LogP contribution in [0, 0.1) is 0 Å². The van der Waals surface area contributed by atoms with Crippen molar-refractivity contribution in [3.8, 4) is 0 Å². The second-order valence-electron chi connectivity index (χ2n) is 2.56. The van der Waals surface area contributed by atoms with Crippen LogP contribution in [0.1, 0.15) is 23.2 Å². The number of carboxylic acid groups (broad SMARTS) is 1. The molecule has 5 heteroatoms. The van der Waals surface area contributed by atoms with Crippen molar-refractivity contribution in [1.29, 1.82) is 0 Å². The van der Waals surface area contributed by atoms with E-state index >= 15 is 0 Å². The SMILES string of the molecule is CCOC(=O)c1ccc(CC(=O)O)o1. The van der Waals surface area contributed by atoms with Gasteiger partial charge in [0.1, 0.15) is 12.2 Å². The lowest BCUT2D eigenvalue weighted by atomic mass is 10.3. The highest BCUT2D eigenvalue weighted by Gasteiger charge is 2.13. The topological polar surface area (TPSA) is 76.7 Å². The van der Waals surface area contributed by atoms with E-state index in [4.69, 9.17) is 9.52 Å². The van der Waals surface area contributed by atoms with Gasteiger partial charge in [-0.05, 0) is 19.1 Å². The van der Waals surface area contributed by atoms with Crippen LogP contribution >= 0.6 is 0 Å². The zero-order valence-corrected chi connectivity index (χ0v) is 7.65. The summed E-state index contributed by atoms with van der Waals surface area (Å²) >= 11 is 0. The monoisotopic (exact) mass is 198 g/mol. The molecule has 1 N–H and O–H groups in total. The van der Waals surface area contributed by atoms with Crippen LogP contribution in [0.25, 0.3) is 0 Å². The number of ether oxygens (including phenoxy) is 1. The lowest BCUT2D eigenvalue weighted by Gasteiger charge is -1.96. The third kappa shape index (κ3) is 2.62. The minimum Gasteiger partial charge on any atom is -0.481 e. The molecule has 76 valence electrons. The van der Waals surface area contributed by atoms with E-state index < -0.39 is 11.9 Å². The maximum atomic E-state index is 11.1. The Hall–Kier alpha value is -1.78. The Labute approximate surface area is 80.3 Å². The molecule has 5 nitrogen and oxygen atoms in total. The predicted molar refractivity (Wildman–Crippen MR) is 46.0 cm³/mol. The zero-order chi connectivity index (χ0) is 10.6. The van der Waals surface area contributed by atoms with Gasteiger partial charge in [-0.25, -0.2) is 4.79 Å². The van der Waals surface area contributed by atoms with Crippen molar-refractivity contribution in [2.75, 3.05) is 6.61 Å². The molecule has 14 heavy (non-hydrogen) atoms. The molecule has 0 spiro atoms. The summed E-state index contributed by atoms with van der Waals surface area (Å²) in [6, 6.07) is 2.84. The van der Waals surface area contributed by atoms with E-state index in [0.29, 0.717) is 0 Å². The molecule has 1 aromatic rings. The maximum Gasteiger partial charge on any atom is 0.374 e. The van der Waals surface area contributed by atoms with Crippen LogP contribution in [0.15, 0.2) is 16.5 Å². The Bertz CT molecular complexity index is 339. The summed E-state index contributed by atoms with van der Waals surface area (Å²) in [6.45, 7) is 1.94. The molecule has 0 aliphatic rings. The van der Waals surface area contributed by atoms with Crippen molar-refractivity contribution in [2.24, 2.45) is 0 Å². The summed E-state index contributed by atoms with van der Waals surface area (Å²) in [7, 11) is 0. The Morgan fingerprint density at radius 1 is 1.50 bits per heavy atom. The standard InChI is InChI=1S/C9H10O5/c1-2-13-9(12)7-4-3-6(14-7)5-8(10)11/h3-4H,2,5H2,1H3,(H,10,11). The maximum absolute atomic E-state index is 11.1. The molecule has 0 radical (unpaired) electrons. The van der Waals surface area contributed by atoms with Gasteiger partial charge in [-0.2, -0.15) is 0 Å². The number of esters is 1. The van der Waals surface area contributed by atoms with Crippen molar-refractivity contribution in [1.82, 2.24) is 0 Å². The molecule has 0 amide bonds. The highest BCUT2D eigenvalue weighted by atomic mass is 16.5. The third-order valence-electron chi connectivity index (χ3n) is 1.46. The number of aliphatic carboxylic acids is 1. The van der Waals surface area contributed by atoms with E-state index in [1.54, 1.807) is 6.92 Å². The smallest absolute Gasteiger partial charge is 0.374 e. The van der Waals surface area contributed by atoms with E-state index in [2.05, 4.69) is 4.74 Å². The number of hydrogen-bond acceptors (Lipinski definition) is 4. The first-order valence-electron chi connectivity index (χ1n) is 4.11. The van der Waals surface area contributed by atoms with Gasteiger partial charge < -0.3 is 14.3 Å². The summed E-state index contributed by atoms with van der Waals surface area (Å²) in [6.07, 6.45) is -0.237. The quantitative estimate of drug-likeness (QED) is 0.732. The van der Waals surface area contributed by atoms with Crippen LogP contribution in [-0.2, 0) is 16.0 Å². The van der Waals surface area contributed by atoms with Gasteiger partial charge in [-0.3, -0.25) is 4.79 Å². The molecule has 1 heterocycles. The fraction of sp³-hybridized carbons (Fsp3) is 0.333. The molecular weight excluding hydrogens is 188 g/mol. The summed E-state index contributed by atoms with van der Waals surface area (Å²) < 4.78 is 9.62. The van der Waals surface area contributed by atoms with E-state index in [9.17, 15) is 9.59 Å². The average Bonchev–Trinajstić information content (AvgIpc) is 2.52. The van der Waals surface area contributed by atoms with E-state index in [0.717, 1.165) is 0 Å². The van der Waals surface area contributed by atoms with Crippen molar-refractivity contribution < 1.29 is 23.8 Å². The van der Waals surface area contributed by atoms with Crippen LogP contribution in [0.2, 0.25) is 0 Å². The van der Waals surface area contributed by atoms with Gasteiger partial charge in [0, 0.05) is 0 Å². The summed E-state index contributed by atoms with van der Waals surface area (Å²) in [4.78, 5) is 21.4. The first kappa shape index (κ1) is 10.3. The summed E-state index contributed by atoms with van der Waals surface area (Å²) in [5, 5.41) is 8.44. The number of carbonyl (C=O) groups is 2. The van der Waals surface area contributed by atoms with Gasteiger partial charge in [-0.15, -0.1) is 0 Å². The van der Waals surface area contributed by atoms with Gasteiger partial charge >= 0.3 is 11.9 Å². The van der Waals surface area contributed by atoms with Gasteiger partial charge in [0.15, 0.2) is 0 Å². The molecule has 0 aliphatic carbocycles. The molecule has 0 saturated heterocycles. The Morgan fingerprint density at radius 2 is 2.21 bits per heavy atom. The largest absolute Gasteiger partial charge is 0.481 e.